The van der Waals surface area contributed by atoms with Gasteiger partial charge in [-0.05, 0) is 19.3 Å². The number of rotatable bonds is 0. The van der Waals surface area contributed by atoms with E-state index >= 15 is 0 Å². The lowest BCUT2D eigenvalue weighted by atomic mass is 9.92. The van der Waals surface area contributed by atoms with E-state index in [2.05, 4.69) is 10.3 Å². The first-order valence-corrected chi connectivity index (χ1v) is 3.92. The Hall–Kier alpha value is -0.790. The van der Waals surface area contributed by atoms with Crippen LogP contribution in [0.4, 0.5) is 0 Å². The molecule has 2 aliphatic rings. The summed E-state index contributed by atoms with van der Waals surface area (Å²) in [7, 11) is 0. The molecule has 2 heterocycles. The SMILES string of the molecule is C1=NC=C2NCCCC2C1. The van der Waals surface area contributed by atoms with E-state index in [0.717, 1.165) is 18.9 Å². The quantitative estimate of drug-likeness (QED) is 0.533. The van der Waals surface area contributed by atoms with Crippen molar-refractivity contribution in [3.63, 3.8) is 0 Å². The van der Waals surface area contributed by atoms with E-state index in [1.54, 1.807) is 0 Å². The van der Waals surface area contributed by atoms with Gasteiger partial charge in [-0.1, -0.05) is 0 Å². The zero-order chi connectivity index (χ0) is 6.81. The van der Waals surface area contributed by atoms with Gasteiger partial charge in [0, 0.05) is 30.6 Å². The molecule has 2 rings (SSSR count). The highest BCUT2D eigenvalue weighted by molar-refractivity contribution is 5.61. The van der Waals surface area contributed by atoms with Gasteiger partial charge in [0.15, 0.2) is 0 Å². The van der Waals surface area contributed by atoms with Crippen LogP contribution in [0.5, 0.6) is 0 Å². The van der Waals surface area contributed by atoms with Crippen LogP contribution in [0.3, 0.4) is 0 Å². The van der Waals surface area contributed by atoms with Gasteiger partial charge in [-0.25, -0.2) is 0 Å². The summed E-state index contributed by atoms with van der Waals surface area (Å²) in [6.07, 6.45) is 7.77. The van der Waals surface area contributed by atoms with E-state index in [4.69, 9.17) is 0 Å². The van der Waals surface area contributed by atoms with Crippen LogP contribution in [0.1, 0.15) is 19.3 Å². The van der Waals surface area contributed by atoms with Crippen molar-refractivity contribution >= 4 is 6.21 Å². The number of nitrogens with zero attached hydrogens (tertiary/aromatic N) is 1. The first-order chi connectivity index (χ1) is 4.97. The van der Waals surface area contributed by atoms with Gasteiger partial charge in [0.1, 0.15) is 0 Å². The minimum atomic E-state index is 0.756. The highest BCUT2D eigenvalue weighted by Gasteiger charge is 2.18. The molecular weight excluding hydrogens is 124 g/mol. The van der Waals surface area contributed by atoms with Gasteiger partial charge in [0.2, 0.25) is 0 Å². The van der Waals surface area contributed by atoms with Crippen molar-refractivity contribution in [1.82, 2.24) is 5.32 Å². The fourth-order valence-electron chi connectivity index (χ4n) is 1.60. The summed E-state index contributed by atoms with van der Waals surface area (Å²) in [5.41, 5.74) is 1.36. The molecule has 0 bridgehead atoms. The van der Waals surface area contributed by atoms with Gasteiger partial charge >= 0.3 is 0 Å². The normalized spacial score (nSPS) is 30.4. The Morgan fingerprint density at radius 2 is 2.60 bits per heavy atom. The van der Waals surface area contributed by atoms with Crippen molar-refractivity contribution in [2.75, 3.05) is 6.54 Å². The smallest absolute Gasteiger partial charge is 0.0456 e. The summed E-state index contributed by atoms with van der Waals surface area (Å²) in [6, 6.07) is 0. The molecule has 1 saturated heterocycles. The van der Waals surface area contributed by atoms with Crippen molar-refractivity contribution in [2.45, 2.75) is 19.3 Å². The Kier molecular flexibility index (Phi) is 1.46. The first-order valence-electron chi connectivity index (χ1n) is 3.92. The third-order valence-corrected chi connectivity index (χ3v) is 2.21. The van der Waals surface area contributed by atoms with Crippen LogP contribution in [0.2, 0.25) is 0 Å². The van der Waals surface area contributed by atoms with Crippen LogP contribution in [-0.2, 0) is 0 Å². The Morgan fingerprint density at radius 3 is 3.50 bits per heavy atom. The fraction of sp³-hybridized carbons (Fsp3) is 0.625. The van der Waals surface area contributed by atoms with E-state index in [0.29, 0.717) is 0 Å². The molecular formula is C8H12N2. The molecule has 1 atom stereocenters. The van der Waals surface area contributed by atoms with Gasteiger partial charge in [-0.2, -0.15) is 0 Å². The predicted octanol–water partition coefficient (Wildman–Crippen LogP) is 1.30. The molecule has 0 aromatic carbocycles. The fourth-order valence-corrected chi connectivity index (χ4v) is 1.60. The van der Waals surface area contributed by atoms with Crippen LogP contribution in [0, 0.1) is 5.92 Å². The third kappa shape index (κ3) is 0.939. The maximum atomic E-state index is 4.11. The van der Waals surface area contributed by atoms with Crippen molar-refractivity contribution in [3.05, 3.63) is 11.9 Å². The minimum absolute atomic E-state index is 0.756. The van der Waals surface area contributed by atoms with E-state index in [9.17, 15) is 0 Å². The second-order valence-corrected chi connectivity index (χ2v) is 2.92. The summed E-state index contributed by atoms with van der Waals surface area (Å²) in [4.78, 5) is 4.11. The van der Waals surface area contributed by atoms with E-state index < -0.39 is 0 Å². The molecule has 0 saturated carbocycles. The van der Waals surface area contributed by atoms with E-state index in [-0.39, 0.29) is 0 Å². The summed E-state index contributed by atoms with van der Waals surface area (Å²) < 4.78 is 0. The Morgan fingerprint density at radius 1 is 1.60 bits per heavy atom. The standard InChI is InChI=1S/C8H12N2/c1-2-7-3-5-9-6-8(7)10-4-1/h5-7,10H,1-4H2. The number of nitrogens with one attached hydrogen (secondary N) is 1. The number of aliphatic imine (C=N–C) groups is 1. The summed E-state index contributed by atoms with van der Waals surface area (Å²) in [5.74, 6) is 0.756. The molecule has 1 N–H and O–H groups in total. The van der Waals surface area contributed by atoms with Crippen LogP contribution in [0.15, 0.2) is 16.9 Å². The van der Waals surface area contributed by atoms with E-state index in [1.807, 2.05) is 12.4 Å². The lowest BCUT2D eigenvalue weighted by Crippen LogP contribution is -2.28. The zero-order valence-corrected chi connectivity index (χ0v) is 6.01. The third-order valence-electron chi connectivity index (χ3n) is 2.21. The Balaban J connectivity index is 2.14. The molecule has 0 aromatic rings. The molecule has 0 aliphatic carbocycles. The average molecular weight is 136 g/mol. The van der Waals surface area contributed by atoms with Gasteiger partial charge < -0.3 is 5.32 Å². The largest absolute Gasteiger partial charge is 0.387 e. The molecule has 0 spiro atoms. The first kappa shape index (κ1) is 5.96. The second-order valence-electron chi connectivity index (χ2n) is 2.92. The molecule has 0 amide bonds. The number of piperidine rings is 1. The zero-order valence-electron chi connectivity index (χ0n) is 6.01. The minimum Gasteiger partial charge on any atom is -0.387 e. The molecule has 54 valence electrons. The summed E-state index contributed by atoms with van der Waals surface area (Å²) in [5, 5.41) is 3.37. The molecule has 10 heavy (non-hydrogen) atoms. The van der Waals surface area contributed by atoms with Crippen molar-refractivity contribution in [1.29, 1.82) is 0 Å². The average Bonchev–Trinajstić information content (AvgIpc) is 2.05. The van der Waals surface area contributed by atoms with Gasteiger partial charge in [0.25, 0.3) is 0 Å². The highest BCUT2D eigenvalue weighted by Crippen LogP contribution is 2.24. The topological polar surface area (TPSA) is 24.4 Å². The van der Waals surface area contributed by atoms with Crippen LogP contribution in [0.25, 0.3) is 0 Å². The molecule has 2 aliphatic heterocycles. The molecule has 2 heteroatoms. The number of fused-ring (bicyclic) bond motifs is 1. The predicted molar refractivity (Wildman–Crippen MR) is 41.9 cm³/mol. The van der Waals surface area contributed by atoms with Crippen molar-refractivity contribution in [2.24, 2.45) is 10.9 Å². The number of hydrogen-bond donors (Lipinski definition) is 1. The monoisotopic (exact) mass is 136 g/mol. The van der Waals surface area contributed by atoms with E-state index in [1.165, 1.54) is 18.5 Å². The van der Waals surface area contributed by atoms with Crippen molar-refractivity contribution in [3.8, 4) is 0 Å². The van der Waals surface area contributed by atoms with Crippen LogP contribution in [-0.4, -0.2) is 12.8 Å². The number of allylic oxidation sites excluding steroid dienone is 1. The van der Waals surface area contributed by atoms with Gasteiger partial charge in [-0.3, -0.25) is 4.99 Å². The molecule has 0 aromatic heterocycles. The second kappa shape index (κ2) is 2.45. The Bertz CT molecular complexity index is 182. The lowest BCUT2D eigenvalue weighted by Gasteiger charge is -2.26. The maximum Gasteiger partial charge on any atom is 0.0456 e. The van der Waals surface area contributed by atoms with Crippen LogP contribution < -0.4 is 5.32 Å². The lowest BCUT2D eigenvalue weighted by molar-refractivity contribution is 0.451. The Labute approximate surface area is 61.0 Å². The van der Waals surface area contributed by atoms with Gasteiger partial charge in [-0.15, -0.1) is 0 Å². The number of hydrogen-bond acceptors (Lipinski definition) is 2. The molecule has 0 radical (unpaired) electrons. The molecule has 1 unspecified atom stereocenters. The highest BCUT2D eigenvalue weighted by atomic mass is 14.9. The molecule has 1 fully saturated rings. The van der Waals surface area contributed by atoms with Crippen LogP contribution >= 0.6 is 0 Å². The molecule has 2 nitrogen and oxygen atoms in total. The van der Waals surface area contributed by atoms with Gasteiger partial charge in [0.05, 0.1) is 0 Å². The summed E-state index contributed by atoms with van der Waals surface area (Å²) >= 11 is 0. The maximum absolute atomic E-state index is 4.11. The van der Waals surface area contributed by atoms with Crippen molar-refractivity contribution < 1.29 is 0 Å². The summed E-state index contributed by atoms with van der Waals surface area (Å²) in [6.45, 7) is 1.14.